The molecular weight excluding hydrogens is 272 g/mol. The molecule has 0 saturated carbocycles. The van der Waals surface area contributed by atoms with Crippen LogP contribution in [0.5, 0.6) is 0 Å². The molecule has 20 heavy (non-hydrogen) atoms. The fourth-order valence-electron chi connectivity index (χ4n) is 2.81. The molecule has 1 N–H and O–H groups in total. The quantitative estimate of drug-likeness (QED) is 0.744. The van der Waals surface area contributed by atoms with E-state index in [4.69, 9.17) is 0 Å². The highest BCUT2D eigenvalue weighted by Gasteiger charge is 2.28. The van der Waals surface area contributed by atoms with Gasteiger partial charge in [-0.05, 0) is 45.7 Å². The second-order valence-corrected chi connectivity index (χ2v) is 8.91. The summed E-state index contributed by atoms with van der Waals surface area (Å²) in [5.74, 6) is 0.950. The maximum Gasteiger partial charge on any atom is 0.153 e. The highest BCUT2D eigenvalue weighted by atomic mass is 32.2. The summed E-state index contributed by atoms with van der Waals surface area (Å²) in [4.78, 5) is 2.33. The molecule has 1 rings (SSSR count). The van der Waals surface area contributed by atoms with Crippen molar-refractivity contribution in [1.29, 1.82) is 0 Å². The molecule has 120 valence electrons. The molecule has 1 aliphatic rings. The number of piperidine rings is 1. The lowest BCUT2D eigenvalue weighted by Crippen LogP contribution is -2.50. The van der Waals surface area contributed by atoms with Crippen molar-refractivity contribution >= 4 is 9.84 Å². The Balaban J connectivity index is 2.44. The van der Waals surface area contributed by atoms with Gasteiger partial charge in [0, 0.05) is 19.1 Å². The van der Waals surface area contributed by atoms with Gasteiger partial charge in [0.2, 0.25) is 0 Å². The first-order chi connectivity index (χ1) is 9.40. The van der Waals surface area contributed by atoms with Crippen molar-refractivity contribution in [3.8, 4) is 0 Å². The van der Waals surface area contributed by atoms with Crippen LogP contribution in [-0.2, 0) is 9.84 Å². The van der Waals surface area contributed by atoms with Crippen molar-refractivity contribution in [2.45, 2.75) is 58.2 Å². The van der Waals surface area contributed by atoms with E-state index in [0.717, 1.165) is 32.5 Å². The zero-order valence-electron chi connectivity index (χ0n) is 13.6. The number of sulfone groups is 1. The van der Waals surface area contributed by atoms with E-state index in [1.165, 1.54) is 6.42 Å². The van der Waals surface area contributed by atoms with Crippen LogP contribution in [0.15, 0.2) is 0 Å². The topological polar surface area (TPSA) is 49.4 Å². The third-order valence-electron chi connectivity index (χ3n) is 4.41. The van der Waals surface area contributed by atoms with Gasteiger partial charge in [-0.3, -0.25) is 0 Å². The summed E-state index contributed by atoms with van der Waals surface area (Å²) in [5.41, 5.74) is 0. The molecule has 2 unspecified atom stereocenters. The Labute approximate surface area is 125 Å². The number of nitrogens with zero attached hydrogens (tertiary/aromatic N) is 1. The van der Waals surface area contributed by atoms with Gasteiger partial charge in [-0.2, -0.15) is 0 Å². The molecule has 2 atom stereocenters. The van der Waals surface area contributed by atoms with Crippen molar-refractivity contribution in [2.75, 3.05) is 31.9 Å². The molecule has 0 radical (unpaired) electrons. The lowest BCUT2D eigenvalue weighted by atomic mass is 9.90. The Morgan fingerprint density at radius 2 is 2.00 bits per heavy atom. The average molecular weight is 305 g/mol. The van der Waals surface area contributed by atoms with Crippen molar-refractivity contribution in [2.24, 2.45) is 5.92 Å². The lowest BCUT2D eigenvalue weighted by molar-refractivity contribution is 0.141. The SMILES string of the molecule is CCCNC1CCN(CCS(=O)(=O)C(C)C)CC1CC. The Kier molecular flexibility index (Phi) is 7.48. The predicted octanol–water partition coefficient (Wildman–Crippen LogP) is 1.91. The highest BCUT2D eigenvalue weighted by molar-refractivity contribution is 7.92. The van der Waals surface area contributed by atoms with E-state index < -0.39 is 9.84 Å². The van der Waals surface area contributed by atoms with E-state index in [1.807, 2.05) is 0 Å². The summed E-state index contributed by atoms with van der Waals surface area (Å²) in [6.07, 6.45) is 3.47. The fourth-order valence-corrected chi connectivity index (χ4v) is 3.80. The van der Waals surface area contributed by atoms with Gasteiger partial charge < -0.3 is 10.2 Å². The summed E-state index contributed by atoms with van der Waals surface area (Å²) >= 11 is 0. The molecule has 0 spiro atoms. The molecule has 4 nitrogen and oxygen atoms in total. The van der Waals surface area contributed by atoms with Crippen LogP contribution in [0.2, 0.25) is 0 Å². The van der Waals surface area contributed by atoms with E-state index in [2.05, 4.69) is 24.1 Å². The van der Waals surface area contributed by atoms with Gasteiger partial charge in [-0.1, -0.05) is 20.3 Å². The van der Waals surface area contributed by atoms with Crippen molar-refractivity contribution < 1.29 is 8.42 Å². The standard InChI is InChI=1S/C15H32N2O2S/c1-5-8-16-15-7-9-17(12-14(15)6-2)10-11-20(18,19)13(3)4/h13-16H,5-12H2,1-4H3. The summed E-state index contributed by atoms with van der Waals surface area (Å²) < 4.78 is 23.8. The minimum absolute atomic E-state index is 0.256. The Morgan fingerprint density at radius 3 is 2.55 bits per heavy atom. The monoisotopic (exact) mass is 304 g/mol. The zero-order valence-corrected chi connectivity index (χ0v) is 14.4. The van der Waals surface area contributed by atoms with Crippen LogP contribution < -0.4 is 5.32 Å². The van der Waals surface area contributed by atoms with Crippen LogP contribution in [0.25, 0.3) is 0 Å². The number of rotatable bonds is 8. The van der Waals surface area contributed by atoms with Gasteiger partial charge in [0.1, 0.15) is 0 Å². The first kappa shape index (κ1) is 17.9. The Bertz CT molecular complexity index is 368. The minimum atomic E-state index is -2.91. The fraction of sp³-hybridized carbons (Fsp3) is 1.00. The average Bonchev–Trinajstić information content (AvgIpc) is 2.43. The number of hydrogen-bond acceptors (Lipinski definition) is 4. The third kappa shape index (κ3) is 5.34. The summed E-state index contributed by atoms with van der Waals surface area (Å²) in [6.45, 7) is 11.8. The maximum atomic E-state index is 11.9. The van der Waals surface area contributed by atoms with Crippen molar-refractivity contribution in [3.63, 3.8) is 0 Å². The van der Waals surface area contributed by atoms with Gasteiger partial charge in [-0.15, -0.1) is 0 Å². The predicted molar refractivity (Wildman–Crippen MR) is 85.8 cm³/mol. The molecule has 1 heterocycles. The first-order valence-electron chi connectivity index (χ1n) is 8.08. The van der Waals surface area contributed by atoms with Crippen LogP contribution in [0.1, 0.15) is 47.0 Å². The van der Waals surface area contributed by atoms with E-state index in [-0.39, 0.29) is 5.25 Å². The second-order valence-electron chi connectivity index (χ2n) is 6.23. The van der Waals surface area contributed by atoms with Crippen LogP contribution in [0, 0.1) is 5.92 Å². The molecule has 1 fully saturated rings. The first-order valence-corrected chi connectivity index (χ1v) is 9.79. The third-order valence-corrected chi connectivity index (χ3v) is 6.60. The number of hydrogen-bond donors (Lipinski definition) is 1. The maximum absolute atomic E-state index is 11.9. The van der Waals surface area contributed by atoms with Crippen LogP contribution >= 0.6 is 0 Å². The number of nitrogens with one attached hydrogen (secondary N) is 1. The lowest BCUT2D eigenvalue weighted by Gasteiger charge is -2.38. The molecule has 0 bridgehead atoms. The minimum Gasteiger partial charge on any atom is -0.314 e. The summed E-state index contributed by atoms with van der Waals surface area (Å²) in [5, 5.41) is 3.38. The van der Waals surface area contributed by atoms with Gasteiger partial charge in [-0.25, -0.2) is 8.42 Å². The van der Waals surface area contributed by atoms with Crippen LogP contribution in [-0.4, -0.2) is 56.5 Å². The zero-order chi connectivity index (χ0) is 15.2. The molecule has 0 aromatic heterocycles. The van der Waals surface area contributed by atoms with Crippen LogP contribution in [0.3, 0.4) is 0 Å². The highest BCUT2D eigenvalue weighted by Crippen LogP contribution is 2.20. The van der Waals surface area contributed by atoms with Crippen LogP contribution in [0.4, 0.5) is 0 Å². The molecule has 0 aromatic rings. The van der Waals surface area contributed by atoms with Gasteiger partial charge in [0.25, 0.3) is 0 Å². The van der Waals surface area contributed by atoms with E-state index in [9.17, 15) is 8.42 Å². The van der Waals surface area contributed by atoms with Gasteiger partial charge >= 0.3 is 0 Å². The van der Waals surface area contributed by atoms with E-state index >= 15 is 0 Å². The number of likely N-dealkylation sites (tertiary alicyclic amines) is 1. The molecule has 0 amide bonds. The van der Waals surface area contributed by atoms with Gasteiger partial charge in [0.15, 0.2) is 9.84 Å². The van der Waals surface area contributed by atoms with E-state index in [0.29, 0.717) is 24.3 Å². The Hall–Kier alpha value is -0.130. The molecule has 0 aliphatic carbocycles. The van der Waals surface area contributed by atoms with Gasteiger partial charge in [0.05, 0.1) is 11.0 Å². The summed E-state index contributed by atoms with van der Waals surface area (Å²) in [7, 11) is -2.91. The summed E-state index contributed by atoms with van der Waals surface area (Å²) in [6, 6.07) is 0.609. The molecule has 1 aliphatic heterocycles. The molecule has 1 saturated heterocycles. The second kappa shape index (κ2) is 8.35. The van der Waals surface area contributed by atoms with Crippen molar-refractivity contribution in [3.05, 3.63) is 0 Å². The van der Waals surface area contributed by atoms with E-state index in [1.54, 1.807) is 13.8 Å². The largest absolute Gasteiger partial charge is 0.314 e. The molecular formula is C15H32N2O2S. The Morgan fingerprint density at radius 1 is 1.30 bits per heavy atom. The normalized spacial score (nSPS) is 25.2. The smallest absolute Gasteiger partial charge is 0.153 e. The molecule has 5 heteroatoms. The van der Waals surface area contributed by atoms with Crippen molar-refractivity contribution in [1.82, 2.24) is 10.2 Å². The molecule has 0 aromatic carbocycles.